The molecule has 130 valence electrons. The van der Waals surface area contributed by atoms with Crippen LogP contribution in [0.1, 0.15) is 18.7 Å². The standard InChI is InChI=1S/C17H20F3N3O/c1-12-21-15-5-3-2-4-14(15)16(24)23(12)10-13-6-8-22(9-7-13)11-17(18,19)20/h2-5,13H,6-11H2,1H3. The molecule has 0 radical (unpaired) electrons. The average Bonchev–Trinajstić information content (AvgIpc) is 2.51. The van der Waals surface area contributed by atoms with Crippen LogP contribution in [0.25, 0.3) is 10.9 Å². The lowest BCUT2D eigenvalue weighted by atomic mass is 9.96. The van der Waals surface area contributed by atoms with E-state index >= 15 is 0 Å². The van der Waals surface area contributed by atoms with Crippen LogP contribution in [0.3, 0.4) is 0 Å². The van der Waals surface area contributed by atoms with Gasteiger partial charge in [0.2, 0.25) is 0 Å². The minimum atomic E-state index is -4.15. The maximum Gasteiger partial charge on any atom is 0.401 e. The van der Waals surface area contributed by atoms with Crippen LogP contribution in [0.4, 0.5) is 13.2 Å². The number of rotatable bonds is 3. The van der Waals surface area contributed by atoms with Gasteiger partial charge in [-0.2, -0.15) is 13.2 Å². The molecule has 0 bridgehead atoms. The van der Waals surface area contributed by atoms with Gasteiger partial charge in [-0.15, -0.1) is 0 Å². The molecule has 1 aliphatic heterocycles. The molecular weight excluding hydrogens is 319 g/mol. The van der Waals surface area contributed by atoms with Gasteiger partial charge in [0.15, 0.2) is 0 Å². The Labute approximate surface area is 137 Å². The summed E-state index contributed by atoms with van der Waals surface area (Å²) in [6.07, 6.45) is -2.83. The second-order valence-corrected chi connectivity index (χ2v) is 6.43. The topological polar surface area (TPSA) is 38.1 Å². The van der Waals surface area contributed by atoms with Crippen LogP contribution in [0.15, 0.2) is 29.1 Å². The molecule has 2 aromatic rings. The Morgan fingerprint density at radius 2 is 1.88 bits per heavy atom. The summed E-state index contributed by atoms with van der Waals surface area (Å²) in [7, 11) is 0. The Kier molecular flexibility index (Phi) is 4.62. The predicted octanol–water partition coefficient (Wildman–Crippen LogP) is 2.98. The first-order valence-electron chi connectivity index (χ1n) is 8.09. The third-order valence-corrected chi connectivity index (χ3v) is 4.60. The van der Waals surface area contributed by atoms with Gasteiger partial charge >= 0.3 is 6.18 Å². The van der Waals surface area contributed by atoms with Crippen molar-refractivity contribution in [2.75, 3.05) is 19.6 Å². The van der Waals surface area contributed by atoms with Crippen LogP contribution in [0.5, 0.6) is 0 Å². The zero-order valence-electron chi connectivity index (χ0n) is 13.5. The molecule has 1 aromatic carbocycles. The number of benzene rings is 1. The summed E-state index contributed by atoms with van der Waals surface area (Å²) in [6, 6.07) is 7.21. The lowest BCUT2D eigenvalue weighted by Gasteiger charge is -2.32. The lowest BCUT2D eigenvalue weighted by Crippen LogP contribution is -2.41. The maximum absolute atomic E-state index is 12.6. The summed E-state index contributed by atoms with van der Waals surface area (Å²) in [6.45, 7) is 2.29. The highest BCUT2D eigenvalue weighted by atomic mass is 19.4. The molecule has 7 heteroatoms. The van der Waals surface area contributed by atoms with E-state index in [1.807, 2.05) is 12.1 Å². The maximum atomic E-state index is 12.6. The molecule has 24 heavy (non-hydrogen) atoms. The van der Waals surface area contributed by atoms with Crippen molar-refractivity contribution in [3.63, 3.8) is 0 Å². The molecule has 0 amide bonds. The number of para-hydroxylation sites is 1. The van der Waals surface area contributed by atoms with Crippen LogP contribution in [0.2, 0.25) is 0 Å². The Hall–Kier alpha value is -1.89. The van der Waals surface area contributed by atoms with Crippen LogP contribution in [0, 0.1) is 12.8 Å². The molecule has 1 aliphatic rings. The molecule has 3 rings (SSSR count). The van der Waals surface area contributed by atoms with Gasteiger partial charge in [-0.25, -0.2) is 4.98 Å². The molecule has 2 heterocycles. The smallest absolute Gasteiger partial charge is 0.296 e. The number of alkyl halides is 3. The van der Waals surface area contributed by atoms with Crippen molar-refractivity contribution in [2.45, 2.75) is 32.5 Å². The first-order chi connectivity index (χ1) is 11.3. The highest BCUT2D eigenvalue weighted by Crippen LogP contribution is 2.23. The number of piperidine rings is 1. The van der Waals surface area contributed by atoms with E-state index < -0.39 is 12.7 Å². The summed E-state index contributed by atoms with van der Waals surface area (Å²) in [5, 5.41) is 0.581. The SMILES string of the molecule is Cc1nc2ccccc2c(=O)n1CC1CCN(CC(F)(F)F)CC1. The fraction of sp³-hybridized carbons (Fsp3) is 0.529. The molecule has 0 atom stereocenters. The number of likely N-dealkylation sites (tertiary alicyclic amines) is 1. The van der Waals surface area contributed by atoms with Crippen LogP contribution < -0.4 is 5.56 Å². The van der Waals surface area contributed by atoms with Gasteiger partial charge in [0, 0.05) is 6.54 Å². The third kappa shape index (κ3) is 3.77. The minimum absolute atomic E-state index is 0.0733. The molecule has 0 unspecified atom stereocenters. The summed E-state index contributed by atoms with van der Waals surface area (Å²) in [4.78, 5) is 18.5. The Morgan fingerprint density at radius 3 is 2.54 bits per heavy atom. The zero-order valence-corrected chi connectivity index (χ0v) is 13.5. The number of aryl methyl sites for hydroxylation is 1. The van der Waals surface area contributed by atoms with E-state index in [0.29, 0.717) is 49.2 Å². The fourth-order valence-electron chi connectivity index (χ4n) is 3.33. The second-order valence-electron chi connectivity index (χ2n) is 6.43. The molecule has 1 aromatic heterocycles. The van der Waals surface area contributed by atoms with Crippen molar-refractivity contribution in [3.05, 3.63) is 40.4 Å². The minimum Gasteiger partial charge on any atom is -0.296 e. The van der Waals surface area contributed by atoms with Crippen LogP contribution in [-0.4, -0.2) is 40.3 Å². The first-order valence-corrected chi connectivity index (χ1v) is 8.09. The summed E-state index contributed by atoms with van der Waals surface area (Å²) < 4.78 is 39.0. The third-order valence-electron chi connectivity index (χ3n) is 4.60. The Morgan fingerprint density at radius 1 is 1.21 bits per heavy atom. The summed E-state index contributed by atoms with van der Waals surface area (Å²) >= 11 is 0. The number of hydrogen-bond donors (Lipinski definition) is 0. The van der Waals surface area contributed by atoms with Gasteiger partial charge in [-0.3, -0.25) is 14.3 Å². The predicted molar refractivity (Wildman–Crippen MR) is 86.0 cm³/mol. The van der Waals surface area contributed by atoms with E-state index in [0.717, 1.165) is 0 Å². The largest absolute Gasteiger partial charge is 0.401 e. The van der Waals surface area contributed by atoms with Gasteiger partial charge < -0.3 is 0 Å². The van der Waals surface area contributed by atoms with Crippen molar-refractivity contribution in [2.24, 2.45) is 5.92 Å². The summed E-state index contributed by atoms with van der Waals surface area (Å²) in [5.74, 6) is 0.852. The lowest BCUT2D eigenvalue weighted by molar-refractivity contribution is -0.148. The van der Waals surface area contributed by atoms with Gasteiger partial charge in [0.05, 0.1) is 17.4 Å². The number of fused-ring (bicyclic) bond motifs is 1. The van der Waals surface area contributed by atoms with Crippen molar-refractivity contribution in [1.29, 1.82) is 0 Å². The molecule has 0 saturated carbocycles. The number of hydrogen-bond acceptors (Lipinski definition) is 3. The Bertz CT molecular complexity index is 777. The zero-order chi connectivity index (χ0) is 17.3. The van der Waals surface area contributed by atoms with E-state index in [1.54, 1.807) is 23.6 Å². The highest BCUT2D eigenvalue weighted by molar-refractivity contribution is 5.77. The van der Waals surface area contributed by atoms with Gasteiger partial charge in [0.1, 0.15) is 5.82 Å². The van der Waals surface area contributed by atoms with E-state index in [1.165, 1.54) is 4.90 Å². The number of nitrogens with zero attached hydrogens (tertiary/aromatic N) is 3. The number of halogens is 3. The van der Waals surface area contributed by atoms with Crippen LogP contribution in [-0.2, 0) is 6.54 Å². The average molecular weight is 339 g/mol. The molecule has 1 saturated heterocycles. The van der Waals surface area contributed by atoms with Crippen molar-refractivity contribution >= 4 is 10.9 Å². The first kappa shape index (κ1) is 17.0. The molecule has 4 nitrogen and oxygen atoms in total. The van der Waals surface area contributed by atoms with Gasteiger partial charge in [0.25, 0.3) is 5.56 Å². The fourth-order valence-corrected chi connectivity index (χ4v) is 3.33. The second kappa shape index (κ2) is 6.55. The molecule has 0 spiro atoms. The normalized spacial score (nSPS) is 17.5. The number of aromatic nitrogens is 2. The van der Waals surface area contributed by atoms with Gasteiger partial charge in [-0.1, -0.05) is 12.1 Å². The van der Waals surface area contributed by atoms with E-state index in [-0.39, 0.29) is 11.5 Å². The summed E-state index contributed by atoms with van der Waals surface area (Å²) in [5.41, 5.74) is 0.604. The van der Waals surface area contributed by atoms with Crippen molar-refractivity contribution < 1.29 is 13.2 Å². The van der Waals surface area contributed by atoms with Crippen LogP contribution >= 0.6 is 0 Å². The molecule has 0 N–H and O–H groups in total. The van der Waals surface area contributed by atoms with Crippen molar-refractivity contribution in [1.82, 2.24) is 14.5 Å². The molecular formula is C17H20F3N3O. The van der Waals surface area contributed by atoms with E-state index in [2.05, 4.69) is 4.98 Å². The van der Waals surface area contributed by atoms with E-state index in [4.69, 9.17) is 0 Å². The van der Waals surface area contributed by atoms with Crippen molar-refractivity contribution in [3.8, 4) is 0 Å². The molecule has 1 fully saturated rings. The monoisotopic (exact) mass is 339 g/mol. The Balaban J connectivity index is 1.72. The quantitative estimate of drug-likeness (QED) is 0.863. The van der Waals surface area contributed by atoms with Gasteiger partial charge in [-0.05, 0) is 50.9 Å². The van der Waals surface area contributed by atoms with E-state index in [9.17, 15) is 18.0 Å². The molecule has 0 aliphatic carbocycles. The highest BCUT2D eigenvalue weighted by Gasteiger charge is 2.32.